The maximum absolute atomic E-state index is 11.9. The molecule has 0 aliphatic rings. The number of nitrogens with one attached hydrogen (secondary N) is 1. The highest BCUT2D eigenvalue weighted by Gasteiger charge is 2.24. The number of rotatable bonds is 4. The molecule has 0 aliphatic carbocycles. The highest BCUT2D eigenvalue weighted by molar-refractivity contribution is 5.79. The standard InChI is InChI=1S/C16H19NO5/c1-16(2,3)22-15(20)17-11(9-14(18)19)13-8-10-6-4-5-7-12(10)21-13/h4-8,11H,9H2,1-3H3,(H,17,20)(H,18,19). The normalized spacial score (nSPS) is 12.9. The van der Waals surface area contributed by atoms with Gasteiger partial charge in [-0.15, -0.1) is 0 Å². The zero-order valence-electron chi connectivity index (χ0n) is 12.8. The summed E-state index contributed by atoms with van der Waals surface area (Å²) in [5.74, 6) is -0.657. The number of aliphatic carboxylic acids is 1. The third-order valence-electron chi connectivity index (χ3n) is 2.86. The van der Waals surface area contributed by atoms with E-state index >= 15 is 0 Å². The number of carboxylic acid groups (broad SMARTS) is 1. The van der Waals surface area contributed by atoms with Gasteiger partial charge < -0.3 is 19.6 Å². The van der Waals surface area contributed by atoms with Crippen molar-refractivity contribution < 1.29 is 23.8 Å². The molecule has 0 saturated heterocycles. The molecule has 1 heterocycles. The van der Waals surface area contributed by atoms with Crippen molar-refractivity contribution in [3.05, 3.63) is 36.1 Å². The van der Waals surface area contributed by atoms with Gasteiger partial charge in [-0.25, -0.2) is 4.79 Å². The smallest absolute Gasteiger partial charge is 0.408 e. The summed E-state index contributed by atoms with van der Waals surface area (Å²) in [4.78, 5) is 22.9. The number of carbonyl (C=O) groups excluding carboxylic acids is 1. The van der Waals surface area contributed by atoms with Crippen LogP contribution < -0.4 is 5.32 Å². The van der Waals surface area contributed by atoms with Gasteiger partial charge in [-0.05, 0) is 32.9 Å². The molecule has 2 aromatic rings. The van der Waals surface area contributed by atoms with E-state index in [1.807, 2.05) is 18.2 Å². The minimum atomic E-state index is -1.04. The van der Waals surface area contributed by atoms with Gasteiger partial charge in [-0.2, -0.15) is 0 Å². The Hall–Kier alpha value is -2.50. The summed E-state index contributed by atoms with van der Waals surface area (Å²) in [7, 11) is 0. The van der Waals surface area contributed by atoms with E-state index in [1.165, 1.54) is 0 Å². The zero-order valence-corrected chi connectivity index (χ0v) is 12.8. The van der Waals surface area contributed by atoms with Crippen LogP contribution in [0.15, 0.2) is 34.7 Å². The van der Waals surface area contributed by atoms with Crippen LogP contribution in [0.4, 0.5) is 4.79 Å². The van der Waals surface area contributed by atoms with Crippen molar-refractivity contribution in [1.82, 2.24) is 5.32 Å². The predicted octanol–water partition coefficient (Wildman–Crippen LogP) is 3.47. The van der Waals surface area contributed by atoms with Gasteiger partial charge in [0.25, 0.3) is 0 Å². The van der Waals surface area contributed by atoms with E-state index in [1.54, 1.807) is 32.9 Å². The molecule has 2 rings (SSSR count). The lowest BCUT2D eigenvalue weighted by atomic mass is 10.1. The van der Waals surface area contributed by atoms with Gasteiger partial charge in [-0.3, -0.25) is 4.79 Å². The topological polar surface area (TPSA) is 88.8 Å². The second-order valence-corrected chi connectivity index (χ2v) is 5.98. The van der Waals surface area contributed by atoms with Crippen LogP contribution in [-0.2, 0) is 9.53 Å². The molecule has 2 N–H and O–H groups in total. The Bertz CT molecular complexity index is 650. The average molecular weight is 305 g/mol. The lowest BCUT2D eigenvalue weighted by Crippen LogP contribution is -2.35. The highest BCUT2D eigenvalue weighted by Crippen LogP contribution is 2.26. The fourth-order valence-corrected chi connectivity index (χ4v) is 2.02. The van der Waals surface area contributed by atoms with E-state index in [0.29, 0.717) is 11.3 Å². The van der Waals surface area contributed by atoms with Crippen LogP contribution in [0.2, 0.25) is 0 Å². The van der Waals surface area contributed by atoms with Crippen molar-refractivity contribution in [1.29, 1.82) is 0 Å². The second-order valence-electron chi connectivity index (χ2n) is 5.98. The van der Waals surface area contributed by atoms with Crippen molar-refractivity contribution in [3.8, 4) is 0 Å². The third kappa shape index (κ3) is 4.25. The molecule has 0 saturated carbocycles. The molecule has 0 fully saturated rings. The van der Waals surface area contributed by atoms with Gasteiger partial charge in [0, 0.05) is 5.39 Å². The molecular formula is C16H19NO5. The molecule has 118 valence electrons. The number of carboxylic acids is 1. The van der Waals surface area contributed by atoms with Gasteiger partial charge >= 0.3 is 12.1 Å². The van der Waals surface area contributed by atoms with Gasteiger partial charge in [-0.1, -0.05) is 18.2 Å². The Morgan fingerprint density at radius 2 is 2.00 bits per heavy atom. The van der Waals surface area contributed by atoms with E-state index < -0.39 is 23.7 Å². The van der Waals surface area contributed by atoms with Crippen molar-refractivity contribution in [3.63, 3.8) is 0 Å². The first-order valence-electron chi connectivity index (χ1n) is 6.94. The predicted molar refractivity (Wildman–Crippen MR) is 80.6 cm³/mol. The lowest BCUT2D eigenvalue weighted by molar-refractivity contribution is -0.137. The minimum absolute atomic E-state index is 0.293. The number of benzene rings is 1. The fraction of sp³-hybridized carbons (Fsp3) is 0.375. The van der Waals surface area contributed by atoms with Crippen LogP contribution in [0.5, 0.6) is 0 Å². The molecule has 22 heavy (non-hydrogen) atoms. The first-order valence-corrected chi connectivity index (χ1v) is 6.94. The Labute approximate surface area is 128 Å². The van der Waals surface area contributed by atoms with Gasteiger partial charge in [0.1, 0.15) is 23.0 Å². The number of fused-ring (bicyclic) bond motifs is 1. The number of ether oxygens (including phenoxy) is 1. The Morgan fingerprint density at radius 1 is 1.32 bits per heavy atom. The van der Waals surface area contributed by atoms with E-state index in [0.717, 1.165) is 5.39 Å². The quantitative estimate of drug-likeness (QED) is 0.902. The monoisotopic (exact) mass is 305 g/mol. The SMILES string of the molecule is CC(C)(C)OC(=O)NC(CC(=O)O)c1cc2ccccc2o1. The summed E-state index contributed by atoms with van der Waals surface area (Å²) in [6.45, 7) is 5.21. The van der Waals surface area contributed by atoms with Crippen molar-refractivity contribution >= 4 is 23.0 Å². The van der Waals surface area contributed by atoms with Gasteiger partial charge in [0.15, 0.2) is 0 Å². The summed E-state index contributed by atoms with van der Waals surface area (Å²) >= 11 is 0. The molecule has 6 nitrogen and oxygen atoms in total. The summed E-state index contributed by atoms with van der Waals surface area (Å²) in [6, 6.07) is 8.25. The zero-order chi connectivity index (χ0) is 16.3. The maximum atomic E-state index is 11.9. The molecule has 0 spiro atoms. The molecule has 1 atom stereocenters. The van der Waals surface area contributed by atoms with Gasteiger partial charge in [0.05, 0.1) is 6.42 Å². The van der Waals surface area contributed by atoms with Crippen LogP contribution in [0.3, 0.4) is 0 Å². The molecule has 0 aliphatic heterocycles. The van der Waals surface area contributed by atoms with Crippen LogP contribution in [0.1, 0.15) is 39.0 Å². The Balaban J connectivity index is 2.22. The minimum Gasteiger partial charge on any atom is -0.481 e. The molecule has 1 aromatic heterocycles. The fourth-order valence-electron chi connectivity index (χ4n) is 2.02. The summed E-state index contributed by atoms with van der Waals surface area (Å²) < 4.78 is 10.8. The van der Waals surface area contributed by atoms with Crippen LogP contribution >= 0.6 is 0 Å². The molecular weight excluding hydrogens is 286 g/mol. The summed E-state index contributed by atoms with van der Waals surface area (Å²) in [5, 5.41) is 12.4. The van der Waals surface area contributed by atoms with Crippen LogP contribution in [0, 0.1) is 0 Å². The molecule has 6 heteroatoms. The largest absolute Gasteiger partial charge is 0.481 e. The summed E-state index contributed by atoms with van der Waals surface area (Å²) in [6.07, 6.45) is -0.974. The molecule has 0 bridgehead atoms. The molecule has 1 amide bonds. The van der Waals surface area contributed by atoms with Crippen molar-refractivity contribution in [2.75, 3.05) is 0 Å². The number of hydrogen-bond acceptors (Lipinski definition) is 4. The number of amides is 1. The van der Waals surface area contributed by atoms with Crippen molar-refractivity contribution in [2.24, 2.45) is 0 Å². The van der Waals surface area contributed by atoms with Gasteiger partial charge in [0.2, 0.25) is 0 Å². The maximum Gasteiger partial charge on any atom is 0.408 e. The van der Waals surface area contributed by atoms with E-state index in [-0.39, 0.29) is 6.42 Å². The van der Waals surface area contributed by atoms with Crippen molar-refractivity contribution in [2.45, 2.75) is 38.8 Å². The first kappa shape index (κ1) is 15.9. The second kappa shape index (κ2) is 6.09. The first-order chi connectivity index (χ1) is 10.2. The number of para-hydroxylation sites is 1. The third-order valence-corrected chi connectivity index (χ3v) is 2.86. The number of hydrogen-bond donors (Lipinski definition) is 2. The van der Waals surface area contributed by atoms with Crippen LogP contribution in [-0.4, -0.2) is 22.8 Å². The highest BCUT2D eigenvalue weighted by atomic mass is 16.6. The van der Waals surface area contributed by atoms with E-state index in [9.17, 15) is 9.59 Å². The Kier molecular flexibility index (Phi) is 4.40. The lowest BCUT2D eigenvalue weighted by Gasteiger charge is -2.22. The summed E-state index contributed by atoms with van der Waals surface area (Å²) in [5.41, 5.74) is -0.0231. The average Bonchev–Trinajstić information content (AvgIpc) is 2.78. The Morgan fingerprint density at radius 3 is 2.59 bits per heavy atom. The number of alkyl carbamates (subject to hydrolysis) is 1. The van der Waals surface area contributed by atoms with Crippen LogP contribution in [0.25, 0.3) is 11.0 Å². The molecule has 0 radical (unpaired) electrons. The van der Waals surface area contributed by atoms with E-state index in [4.69, 9.17) is 14.3 Å². The number of carbonyl (C=O) groups is 2. The van der Waals surface area contributed by atoms with E-state index in [2.05, 4.69) is 5.32 Å². The molecule has 1 unspecified atom stereocenters. The molecule has 1 aromatic carbocycles. The number of furan rings is 1.